The molecule has 134 valence electrons. The van der Waals surface area contributed by atoms with Crippen molar-refractivity contribution in [1.82, 2.24) is 30.4 Å². The monoisotopic (exact) mass is 366 g/mol. The Bertz CT molecular complexity index is 812. The van der Waals surface area contributed by atoms with Crippen LogP contribution in [0.15, 0.2) is 12.3 Å². The van der Waals surface area contributed by atoms with Crippen LogP contribution in [0.25, 0.3) is 0 Å². The lowest BCUT2D eigenvalue weighted by molar-refractivity contribution is -0.389. The summed E-state index contributed by atoms with van der Waals surface area (Å²) in [5.74, 6) is -0.759. The summed E-state index contributed by atoms with van der Waals surface area (Å²) in [5, 5.41) is 21.7. The number of amides is 1. The van der Waals surface area contributed by atoms with E-state index >= 15 is 0 Å². The molecule has 1 amide bonds. The van der Waals surface area contributed by atoms with Crippen LogP contribution in [-0.4, -0.2) is 35.5 Å². The Kier molecular flexibility index (Phi) is 5.64. The fraction of sp³-hybridized carbons (Fsp3) is 0.385. The minimum atomic E-state index is -0.614. The molecule has 0 radical (unpaired) electrons. The van der Waals surface area contributed by atoms with Crippen LogP contribution < -0.4 is 16.2 Å². The fourth-order valence-corrected chi connectivity index (χ4v) is 2.25. The van der Waals surface area contributed by atoms with Crippen LogP contribution in [-0.2, 0) is 17.9 Å². The van der Waals surface area contributed by atoms with E-state index in [0.717, 1.165) is 17.9 Å². The van der Waals surface area contributed by atoms with Gasteiger partial charge in [0.1, 0.15) is 6.54 Å². The molecule has 12 heteroatoms. The maximum Gasteiger partial charge on any atom is 0.390 e. The lowest BCUT2D eigenvalue weighted by atomic mass is 10.4. The van der Waals surface area contributed by atoms with Crippen molar-refractivity contribution in [2.75, 3.05) is 5.32 Å². The number of thiocarbonyl (C=S) groups is 1. The zero-order valence-corrected chi connectivity index (χ0v) is 14.8. The van der Waals surface area contributed by atoms with Gasteiger partial charge >= 0.3 is 5.82 Å². The molecule has 0 aromatic carbocycles. The summed E-state index contributed by atoms with van der Waals surface area (Å²) in [4.78, 5) is 22.0. The Morgan fingerprint density at radius 2 is 2.08 bits per heavy atom. The van der Waals surface area contributed by atoms with E-state index in [0.29, 0.717) is 5.69 Å². The van der Waals surface area contributed by atoms with Gasteiger partial charge in [0.05, 0.1) is 34.4 Å². The highest BCUT2D eigenvalue weighted by Crippen LogP contribution is 2.13. The Hall–Kier alpha value is -3.02. The second kappa shape index (κ2) is 7.70. The first-order chi connectivity index (χ1) is 11.8. The van der Waals surface area contributed by atoms with E-state index in [1.807, 2.05) is 13.8 Å². The molecular formula is C13H18N8O3S. The number of nitro groups is 1. The minimum absolute atomic E-state index is 0.178. The number of nitrogens with one attached hydrogen (secondary N) is 3. The number of hydrazine groups is 1. The van der Waals surface area contributed by atoms with Gasteiger partial charge in [-0.3, -0.25) is 20.3 Å². The van der Waals surface area contributed by atoms with Crippen LogP contribution in [0, 0.1) is 24.0 Å². The van der Waals surface area contributed by atoms with Crippen molar-refractivity contribution in [2.24, 2.45) is 0 Å². The zero-order valence-electron chi connectivity index (χ0n) is 13.9. The largest absolute Gasteiger partial charge is 0.390 e. The molecule has 0 atom stereocenters. The van der Waals surface area contributed by atoms with Gasteiger partial charge in [0, 0.05) is 6.54 Å². The summed E-state index contributed by atoms with van der Waals surface area (Å²) in [6.07, 6.45) is 1.64. The molecule has 2 rings (SSSR count). The van der Waals surface area contributed by atoms with Gasteiger partial charge in [0.25, 0.3) is 5.91 Å². The van der Waals surface area contributed by atoms with Crippen molar-refractivity contribution in [3.8, 4) is 0 Å². The normalized spacial score (nSPS) is 10.4. The molecule has 0 saturated heterocycles. The molecule has 2 heterocycles. The third kappa shape index (κ3) is 4.50. The molecule has 0 unspecified atom stereocenters. The zero-order chi connectivity index (χ0) is 18.6. The molecule has 11 nitrogen and oxygen atoms in total. The molecular weight excluding hydrogens is 348 g/mol. The quantitative estimate of drug-likeness (QED) is 0.399. The molecule has 0 aliphatic rings. The van der Waals surface area contributed by atoms with Crippen LogP contribution in [0.2, 0.25) is 0 Å². The first kappa shape index (κ1) is 18.3. The van der Waals surface area contributed by atoms with Crippen LogP contribution in [0.4, 0.5) is 11.5 Å². The number of hydrogen-bond donors (Lipinski definition) is 3. The van der Waals surface area contributed by atoms with Gasteiger partial charge in [0.15, 0.2) is 5.11 Å². The highest BCUT2D eigenvalue weighted by Gasteiger charge is 2.17. The minimum Gasteiger partial charge on any atom is -0.358 e. The van der Waals surface area contributed by atoms with E-state index in [9.17, 15) is 14.9 Å². The maximum atomic E-state index is 11.9. The van der Waals surface area contributed by atoms with Gasteiger partial charge in [-0.25, -0.2) is 0 Å². The third-order valence-electron chi connectivity index (χ3n) is 3.42. The second-order valence-electron chi connectivity index (χ2n) is 5.15. The van der Waals surface area contributed by atoms with Crippen molar-refractivity contribution >= 4 is 34.7 Å². The van der Waals surface area contributed by atoms with Crippen molar-refractivity contribution in [3.63, 3.8) is 0 Å². The molecule has 0 bridgehead atoms. The summed E-state index contributed by atoms with van der Waals surface area (Å²) >= 11 is 5.10. The molecule has 25 heavy (non-hydrogen) atoms. The average molecular weight is 366 g/mol. The van der Waals surface area contributed by atoms with Crippen LogP contribution >= 0.6 is 12.2 Å². The summed E-state index contributed by atoms with van der Waals surface area (Å²) in [6, 6.07) is 1.29. The third-order valence-corrected chi connectivity index (χ3v) is 3.62. The highest BCUT2D eigenvalue weighted by molar-refractivity contribution is 7.80. The van der Waals surface area contributed by atoms with E-state index in [2.05, 4.69) is 26.4 Å². The number of carbonyl (C=O) groups is 1. The predicted molar refractivity (Wildman–Crippen MR) is 93.8 cm³/mol. The first-order valence-electron chi connectivity index (χ1n) is 7.39. The van der Waals surface area contributed by atoms with E-state index < -0.39 is 10.8 Å². The first-order valence-corrected chi connectivity index (χ1v) is 7.79. The van der Waals surface area contributed by atoms with Crippen molar-refractivity contribution < 1.29 is 9.72 Å². The second-order valence-corrected chi connectivity index (χ2v) is 5.55. The van der Waals surface area contributed by atoms with Crippen molar-refractivity contribution in [1.29, 1.82) is 0 Å². The van der Waals surface area contributed by atoms with E-state index in [1.54, 1.807) is 17.8 Å². The molecule has 2 aromatic rings. The lowest BCUT2D eigenvalue weighted by Crippen LogP contribution is -2.45. The summed E-state index contributed by atoms with van der Waals surface area (Å²) in [7, 11) is 0. The summed E-state index contributed by atoms with van der Waals surface area (Å²) in [6.45, 7) is 6.05. The van der Waals surface area contributed by atoms with Crippen LogP contribution in [0.5, 0.6) is 0 Å². The van der Waals surface area contributed by atoms with E-state index in [4.69, 9.17) is 12.2 Å². The van der Waals surface area contributed by atoms with Gasteiger partial charge in [-0.2, -0.15) is 9.78 Å². The lowest BCUT2D eigenvalue weighted by Gasteiger charge is -2.11. The Balaban J connectivity index is 1.86. The number of carbonyl (C=O) groups excluding carboxylic acids is 1. The summed E-state index contributed by atoms with van der Waals surface area (Å²) < 4.78 is 3.04. The fourth-order valence-electron chi connectivity index (χ4n) is 2.09. The van der Waals surface area contributed by atoms with Gasteiger partial charge < -0.3 is 15.4 Å². The van der Waals surface area contributed by atoms with Crippen LogP contribution in [0.3, 0.4) is 0 Å². The molecule has 0 saturated carbocycles. The predicted octanol–water partition coefficient (Wildman–Crippen LogP) is 0.642. The molecule has 0 spiro atoms. The van der Waals surface area contributed by atoms with E-state index in [1.165, 1.54) is 10.7 Å². The van der Waals surface area contributed by atoms with Crippen molar-refractivity contribution in [3.05, 3.63) is 33.8 Å². The topological polar surface area (TPSA) is 132 Å². The number of anilines is 1. The van der Waals surface area contributed by atoms with Crippen LogP contribution in [0.1, 0.15) is 18.3 Å². The SMILES string of the molecule is CCn1ncc(NC(=S)NNC(=O)Cn2nc([N+](=O)[O-])cc2C)c1C. The number of hydrogen-bond acceptors (Lipinski definition) is 6. The Morgan fingerprint density at radius 3 is 2.64 bits per heavy atom. The van der Waals surface area contributed by atoms with E-state index in [-0.39, 0.29) is 17.5 Å². The number of nitrogens with zero attached hydrogens (tertiary/aromatic N) is 5. The highest BCUT2D eigenvalue weighted by atomic mass is 32.1. The molecule has 0 fully saturated rings. The number of rotatable bonds is 5. The maximum absolute atomic E-state index is 11.9. The molecule has 2 aromatic heterocycles. The van der Waals surface area contributed by atoms with Gasteiger partial charge in [-0.1, -0.05) is 0 Å². The Labute approximate surface area is 148 Å². The van der Waals surface area contributed by atoms with Gasteiger partial charge in [-0.05, 0) is 37.9 Å². The smallest absolute Gasteiger partial charge is 0.358 e. The standard InChI is InChI=1S/C13H18N8O3S/c1-4-19-9(3)10(6-14-19)15-13(25)17-16-12(22)7-20-8(2)5-11(18-20)21(23)24/h5-6H,4,7H2,1-3H3,(H,16,22)(H2,15,17,25). The average Bonchev–Trinajstić information content (AvgIpc) is 3.09. The molecule has 3 N–H and O–H groups in total. The molecule has 0 aliphatic carbocycles. The Morgan fingerprint density at radius 1 is 1.36 bits per heavy atom. The number of aryl methyl sites for hydroxylation is 2. The van der Waals surface area contributed by atoms with Gasteiger partial charge in [-0.15, -0.1) is 0 Å². The molecule has 0 aliphatic heterocycles. The van der Waals surface area contributed by atoms with Gasteiger partial charge in [0.2, 0.25) is 0 Å². The summed E-state index contributed by atoms with van der Waals surface area (Å²) in [5.41, 5.74) is 7.12. The number of aromatic nitrogens is 4. The van der Waals surface area contributed by atoms with Crippen molar-refractivity contribution in [2.45, 2.75) is 33.9 Å².